The Bertz CT molecular complexity index is 749. The van der Waals surface area contributed by atoms with Crippen molar-refractivity contribution in [2.45, 2.75) is 31.8 Å². The Morgan fingerprint density at radius 1 is 1.19 bits per heavy atom. The third kappa shape index (κ3) is 4.62. The van der Waals surface area contributed by atoms with Crippen LogP contribution in [0.2, 0.25) is 0 Å². The molecule has 5 nitrogen and oxygen atoms in total. The maximum atomic E-state index is 12.6. The fraction of sp³-hybridized carbons (Fsp3) is 0.300. The number of halogens is 1. The van der Waals surface area contributed by atoms with Gasteiger partial charge in [0.25, 0.3) is 0 Å². The smallest absolute Gasteiger partial charge is 0.249 e. The quantitative estimate of drug-likeness (QED) is 0.843. The second-order valence-corrected chi connectivity index (χ2v) is 6.47. The number of nitrogens with two attached hydrogens (primary N) is 1. The predicted molar refractivity (Wildman–Crippen MR) is 105 cm³/mol. The fourth-order valence-corrected chi connectivity index (χ4v) is 3.03. The molecule has 2 aromatic rings. The van der Waals surface area contributed by atoms with E-state index in [1.807, 2.05) is 61.5 Å². The Morgan fingerprint density at radius 3 is 2.50 bits per heavy atom. The van der Waals surface area contributed by atoms with Crippen LogP contribution in [0, 0.1) is 6.92 Å². The molecular weight excluding hydrogens is 350 g/mol. The summed E-state index contributed by atoms with van der Waals surface area (Å²) in [4.78, 5) is 26.6. The van der Waals surface area contributed by atoms with Crippen molar-refractivity contribution in [1.82, 2.24) is 5.32 Å². The molecule has 1 unspecified atom stereocenters. The summed E-state index contributed by atoms with van der Waals surface area (Å²) in [6.07, 6.45) is 1.05. The Labute approximate surface area is 160 Å². The molecule has 2 amide bonds. The zero-order chi connectivity index (χ0) is 17.8. The van der Waals surface area contributed by atoms with Crippen LogP contribution < -0.4 is 16.0 Å². The van der Waals surface area contributed by atoms with Crippen molar-refractivity contribution in [3.05, 3.63) is 65.7 Å². The van der Waals surface area contributed by atoms with E-state index >= 15 is 0 Å². The van der Waals surface area contributed by atoms with E-state index in [0.717, 1.165) is 16.8 Å². The molecule has 0 aromatic heterocycles. The van der Waals surface area contributed by atoms with Gasteiger partial charge in [0.15, 0.2) is 0 Å². The van der Waals surface area contributed by atoms with Crippen LogP contribution in [0.4, 0.5) is 5.69 Å². The van der Waals surface area contributed by atoms with Gasteiger partial charge >= 0.3 is 0 Å². The lowest BCUT2D eigenvalue weighted by molar-refractivity contribution is -0.127. The number of anilines is 1. The predicted octanol–water partition coefficient (Wildman–Crippen LogP) is 2.21. The first-order valence-corrected chi connectivity index (χ1v) is 8.52. The number of benzene rings is 2. The van der Waals surface area contributed by atoms with Gasteiger partial charge in [-0.05, 0) is 37.5 Å². The third-order valence-electron chi connectivity index (χ3n) is 4.50. The van der Waals surface area contributed by atoms with Gasteiger partial charge in [-0.25, -0.2) is 0 Å². The van der Waals surface area contributed by atoms with E-state index in [9.17, 15) is 9.59 Å². The standard InChI is InChI=1S/C20H23N3O2.ClH/c1-14-7-9-16(10-8-14)23-12-11-18(20(23)25)22-19(24)17(21)13-15-5-3-2-4-6-15;/h2-10,17-18H,11-13,21H2,1H3,(H,22,24);1H/t17-,18?;/m0./s1. The Balaban J connectivity index is 0.00000243. The summed E-state index contributed by atoms with van der Waals surface area (Å²) >= 11 is 0. The van der Waals surface area contributed by atoms with E-state index in [1.54, 1.807) is 4.90 Å². The van der Waals surface area contributed by atoms with Gasteiger partial charge in [-0.15, -0.1) is 12.4 Å². The van der Waals surface area contributed by atoms with Crippen molar-refractivity contribution in [2.75, 3.05) is 11.4 Å². The SMILES string of the molecule is Cc1ccc(N2CCC(NC(=O)[C@@H](N)Cc3ccccc3)C2=O)cc1.Cl. The molecule has 138 valence electrons. The highest BCUT2D eigenvalue weighted by Crippen LogP contribution is 2.22. The molecule has 0 saturated carbocycles. The molecule has 0 spiro atoms. The lowest BCUT2D eigenvalue weighted by atomic mass is 10.1. The van der Waals surface area contributed by atoms with Crippen molar-refractivity contribution in [1.29, 1.82) is 0 Å². The molecule has 0 radical (unpaired) electrons. The number of carbonyl (C=O) groups excluding carboxylic acids is 2. The van der Waals surface area contributed by atoms with Crippen molar-refractivity contribution in [3.63, 3.8) is 0 Å². The van der Waals surface area contributed by atoms with Crippen molar-refractivity contribution >= 4 is 29.9 Å². The van der Waals surface area contributed by atoms with Crippen molar-refractivity contribution < 1.29 is 9.59 Å². The van der Waals surface area contributed by atoms with E-state index in [4.69, 9.17) is 5.73 Å². The maximum Gasteiger partial charge on any atom is 0.249 e. The van der Waals surface area contributed by atoms with Crippen LogP contribution >= 0.6 is 12.4 Å². The number of rotatable bonds is 5. The number of hydrogen-bond donors (Lipinski definition) is 2. The van der Waals surface area contributed by atoms with Gasteiger partial charge in [0.2, 0.25) is 11.8 Å². The summed E-state index contributed by atoms with van der Waals surface area (Å²) < 4.78 is 0. The summed E-state index contributed by atoms with van der Waals surface area (Å²) in [7, 11) is 0. The minimum atomic E-state index is -0.663. The van der Waals surface area contributed by atoms with Crippen LogP contribution in [0.25, 0.3) is 0 Å². The maximum absolute atomic E-state index is 12.6. The second-order valence-electron chi connectivity index (χ2n) is 6.47. The second kappa shape index (κ2) is 8.83. The van der Waals surface area contributed by atoms with Crippen LogP contribution in [-0.2, 0) is 16.0 Å². The molecule has 1 saturated heterocycles. The molecule has 1 aliphatic rings. The summed E-state index contributed by atoms with van der Waals surface area (Å²) in [6.45, 7) is 2.60. The zero-order valence-electron chi connectivity index (χ0n) is 14.7. The largest absolute Gasteiger partial charge is 0.343 e. The Kier molecular flexibility index (Phi) is 6.77. The highest BCUT2D eigenvalue weighted by Gasteiger charge is 2.34. The fourth-order valence-electron chi connectivity index (χ4n) is 3.03. The lowest BCUT2D eigenvalue weighted by Gasteiger charge is -2.19. The van der Waals surface area contributed by atoms with Crippen LogP contribution in [0.5, 0.6) is 0 Å². The molecule has 1 fully saturated rings. The highest BCUT2D eigenvalue weighted by molar-refractivity contribution is 6.01. The molecule has 2 aromatic carbocycles. The highest BCUT2D eigenvalue weighted by atomic mass is 35.5. The first kappa shape index (κ1) is 19.9. The molecule has 0 bridgehead atoms. The molecule has 26 heavy (non-hydrogen) atoms. The van der Waals surface area contributed by atoms with Crippen molar-refractivity contribution in [2.24, 2.45) is 5.73 Å². The van der Waals surface area contributed by atoms with Crippen molar-refractivity contribution in [3.8, 4) is 0 Å². The monoisotopic (exact) mass is 373 g/mol. The van der Waals surface area contributed by atoms with Gasteiger partial charge in [-0.1, -0.05) is 48.0 Å². The average molecular weight is 374 g/mol. The van der Waals surface area contributed by atoms with E-state index in [0.29, 0.717) is 19.4 Å². The van der Waals surface area contributed by atoms with E-state index < -0.39 is 12.1 Å². The first-order chi connectivity index (χ1) is 12.0. The topological polar surface area (TPSA) is 75.4 Å². The normalized spacial score (nSPS) is 17.5. The minimum Gasteiger partial charge on any atom is -0.343 e. The molecule has 1 aliphatic heterocycles. The number of nitrogens with zero attached hydrogens (tertiary/aromatic N) is 1. The minimum absolute atomic E-state index is 0. The summed E-state index contributed by atoms with van der Waals surface area (Å²) in [5.74, 6) is -0.364. The average Bonchev–Trinajstić information content (AvgIpc) is 2.97. The third-order valence-corrected chi connectivity index (χ3v) is 4.50. The van der Waals surface area contributed by atoms with E-state index in [1.165, 1.54) is 0 Å². The number of carbonyl (C=O) groups is 2. The van der Waals surface area contributed by atoms with Gasteiger partial charge < -0.3 is 16.0 Å². The van der Waals surface area contributed by atoms with Gasteiger partial charge in [-0.3, -0.25) is 9.59 Å². The molecule has 3 N–H and O–H groups in total. The molecule has 1 heterocycles. The molecule has 6 heteroatoms. The van der Waals surface area contributed by atoms with Gasteiger partial charge in [0, 0.05) is 12.2 Å². The molecule has 3 rings (SSSR count). The number of hydrogen-bond acceptors (Lipinski definition) is 3. The number of amides is 2. The van der Waals surface area contributed by atoms with Crippen LogP contribution in [-0.4, -0.2) is 30.4 Å². The van der Waals surface area contributed by atoms with E-state index in [2.05, 4.69) is 5.32 Å². The van der Waals surface area contributed by atoms with Crippen LogP contribution in [0.3, 0.4) is 0 Å². The first-order valence-electron chi connectivity index (χ1n) is 8.52. The van der Waals surface area contributed by atoms with Gasteiger partial charge in [0.05, 0.1) is 6.04 Å². The summed E-state index contributed by atoms with van der Waals surface area (Å²) in [6, 6.07) is 16.3. The van der Waals surface area contributed by atoms with Crippen LogP contribution in [0.1, 0.15) is 17.5 Å². The van der Waals surface area contributed by atoms with Crippen LogP contribution in [0.15, 0.2) is 54.6 Å². The zero-order valence-corrected chi connectivity index (χ0v) is 15.5. The summed E-state index contributed by atoms with van der Waals surface area (Å²) in [5.41, 5.74) is 9.01. The molecular formula is C20H24ClN3O2. The Morgan fingerprint density at radius 2 is 1.85 bits per heavy atom. The Hall–Kier alpha value is -2.37. The van der Waals surface area contributed by atoms with E-state index in [-0.39, 0.29) is 24.2 Å². The number of nitrogens with one attached hydrogen (secondary N) is 1. The molecule has 2 atom stereocenters. The summed E-state index contributed by atoms with van der Waals surface area (Å²) in [5, 5.41) is 2.80. The lowest BCUT2D eigenvalue weighted by Crippen LogP contribution is -2.49. The van der Waals surface area contributed by atoms with Gasteiger partial charge in [0.1, 0.15) is 6.04 Å². The molecule has 0 aliphatic carbocycles. The van der Waals surface area contributed by atoms with Gasteiger partial charge in [-0.2, -0.15) is 0 Å². The number of aryl methyl sites for hydroxylation is 1.